The topological polar surface area (TPSA) is 29.9 Å². The first-order valence-electron chi connectivity index (χ1n) is 6.25. The van der Waals surface area contributed by atoms with Crippen molar-refractivity contribution in [1.82, 2.24) is 15.1 Å². The fraction of sp³-hybridized carbons (Fsp3) is 0.769. The SMILES string of the molecule is CCNC(C)CC(C)Cc1cc(C)nn1C. The van der Waals surface area contributed by atoms with Gasteiger partial charge in [0.25, 0.3) is 0 Å². The number of hydrogen-bond donors (Lipinski definition) is 1. The Kier molecular flexibility index (Phi) is 5.00. The molecule has 0 aliphatic heterocycles. The van der Waals surface area contributed by atoms with Crippen molar-refractivity contribution in [2.24, 2.45) is 13.0 Å². The van der Waals surface area contributed by atoms with Crippen LogP contribution in [0.25, 0.3) is 0 Å². The summed E-state index contributed by atoms with van der Waals surface area (Å²) in [5.41, 5.74) is 2.46. The molecule has 92 valence electrons. The Morgan fingerprint density at radius 2 is 2.12 bits per heavy atom. The molecule has 2 atom stereocenters. The van der Waals surface area contributed by atoms with Crippen molar-refractivity contribution < 1.29 is 0 Å². The predicted molar refractivity (Wildman–Crippen MR) is 68.6 cm³/mol. The highest BCUT2D eigenvalue weighted by Crippen LogP contribution is 2.14. The van der Waals surface area contributed by atoms with Crippen LogP contribution < -0.4 is 5.32 Å². The lowest BCUT2D eigenvalue weighted by atomic mass is 9.97. The first-order valence-corrected chi connectivity index (χ1v) is 6.25. The van der Waals surface area contributed by atoms with Crippen molar-refractivity contribution in [3.8, 4) is 0 Å². The van der Waals surface area contributed by atoms with Crippen molar-refractivity contribution in [2.75, 3.05) is 6.54 Å². The summed E-state index contributed by atoms with van der Waals surface area (Å²) in [6.07, 6.45) is 2.34. The van der Waals surface area contributed by atoms with E-state index < -0.39 is 0 Å². The molecule has 0 aromatic carbocycles. The molecule has 0 fully saturated rings. The van der Waals surface area contributed by atoms with E-state index in [1.165, 1.54) is 12.1 Å². The van der Waals surface area contributed by atoms with E-state index in [2.05, 4.69) is 44.2 Å². The van der Waals surface area contributed by atoms with E-state index in [9.17, 15) is 0 Å². The Balaban J connectivity index is 2.45. The third-order valence-electron chi connectivity index (χ3n) is 2.97. The number of rotatable bonds is 6. The fourth-order valence-corrected chi connectivity index (χ4v) is 2.33. The standard InChI is InChI=1S/C13H25N3/c1-6-14-11(3)7-10(2)8-13-9-12(4)15-16(13)5/h9-11,14H,6-8H2,1-5H3. The molecular weight excluding hydrogens is 198 g/mol. The highest BCUT2D eigenvalue weighted by atomic mass is 15.3. The Hall–Kier alpha value is -0.830. The Bertz CT molecular complexity index is 317. The van der Waals surface area contributed by atoms with Gasteiger partial charge in [-0.1, -0.05) is 13.8 Å². The minimum absolute atomic E-state index is 0.606. The third kappa shape index (κ3) is 3.97. The van der Waals surface area contributed by atoms with Gasteiger partial charge in [0, 0.05) is 18.8 Å². The van der Waals surface area contributed by atoms with Crippen molar-refractivity contribution >= 4 is 0 Å². The van der Waals surface area contributed by atoms with Gasteiger partial charge >= 0.3 is 0 Å². The first-order chi connectivity index (χ1) is 7.52. The second kappa shape index (κ2) is 6.04. The number of aryl methyl sites for hydroxylation is 2. The molecule has 1 aromatic rings. The average molecular weight is 223 g/mol. The molecule has 0 amide bonds. The second-order valence-electron chi connectivity index (χ2n) is 4.90. The zero-order valence-corrected chi connectivity index (χ0v) is 11.2. The maximum Gasteiger partial charge on any atom is 0.0596 e. The van der Waals surface area contributed by atoms with Crippen LogP contribution in [0.2, 0.25) is 0 Å². The summed E-state index contributed by atoms with van der Waals surface area (Å²) in [6.45, 7) is 9.84. The van der Waals surface area contributed by atoms with Crippen molar-refractivity contribution in [1.29, 1.82) is 0 Å². The van der Waals surface area contributed by atoms with Crippen LogP contribution in [-0.4, -0.2) is 22.4 Å². The average Bonchev–Trinajstić information content (AvgIpc) is 2.44. The zero-order valence-electron chi connectivity index (χ0n) is 11.2. The Morgan fingerprint density at radius 1 is 1.44 bits per heavy atom. The van der Waals surface area contributed by atoms with Crippen LogP contribution in [0.15, 0.2) is 6.07 Å². The summed E-state index contributed by atoms with van der Waals surface area (Å²) in [4.78, 5) is 0. The van der Waals surface area contributed by atoms with Crippen LogP contribution in [0, 0.1) is 12.8 Å². The Morgan fingerprint density at radius 3 is 2.62 bits per heavy atom. The molecule has 16 heavy (non-hydrogen) atoms. The lowest BCUT2D eigenvalue weighted by Gasteiger charge is -2.17. The van der Waals surface area contributed by atoms with Gasteiger partial charge in [-0.2, -0.15) is 5.10 Å². The van der Waals surface area contributed by atoms with Crippen LogP contribution in [0.3, 0.4) is 0 Å². The van der Waals surface area contributed by atoms with Gasteiger partial charge in [-0.15, -0.1) is 0 Å². The molecule has 0 aliphatic carbocycles. The molecule has 0 aliphatic rings. The minimum atomic E-state index is 0.606. The molecule has 0 saturated heterocycles. The predicted octanol–water partition coefficient (Wildman–Crippen LogP) is 2.30. The van der Waals surface area contributed by atoms with E-state index in [1.807, 2.05) is 11.7 Å². The molecule has 0 saturated carbocycles. The summed E-state index contributed by atoms with van der Waals surface area (Å²) >= 11 is 0. The lowest BCUT2D eigenvalue weighted by molar-refractivity contribution is 0.419. The van der Waals surface area contributed by atoms with E-state index in [4.69, 9.17) is 0 Å². The molecule has 0 bridgehead atoms. The highest BCUT2D eigenvalue weighted by molar-refractivity contribution is 5.09. The summed E-state index contributed by atoms with van der Waals surface area (Å²) < 4.78 is 2.00. The second-order valence-corrected chi connectivity index (χ2v) is 4.90. The lowest BCUT2D eigenvalue weighted by Crippen LogP contribution is -2.28. The van der Waals surface area contributed by atoms with Crippen LogP contribution in [0.4, 0.5) is 0 Å². The molecule has 2 unspecified atom stereocenters. The molecule has 0 spiro atoms. The normalized spacial score (nSPS) is 15.1. The van der Waals surface area contributed by atoms with Gasteiger partial charge in [0.2, 0.25) is 0 Å². The number of nitrogens with one attached hydrogen (secondary N) is 1. The van der Waals surface area contributed by atoms with Gasteiger partial charge in [-0.3, -0.25) is 4.68 Å². The minimum Gasteiger partial charge on any atom is -0.315 e. The van der Waals surface area contributed by atoms with Crippen LogP contribution in [-0.2, 0) is 13.5 Å². The first kappa shape index (κ1) is 13.2. The summed E-state index contributed by atoms with van der Waals surface area (Å²) in [5.74, 6) is 0.698. The largest absolute Gasteiger partial charge is 0.315 e. The smallest absolute Gasteiger partial charge is 0.0596 e. The van der Waals surface area contributed by atoms with E-state index in [-0.39, 0.29) is 0 Å². The maximum absolute atomic E-state index is 4.38. The third-order valence-corrected chi connectivity index (χ3v) is 2.97. The van der Waals surface area contributed by atoms with Crippen molar-refractivity contribution in [3.05, 3.63) is 17.5 Å². The van der Waals surface area contributed by atoms with Gasteiger partial charge in [0.15, 0.2) is 0 Å². The summed E-state index contributed by atoms with van der Waals surface area (Å²) in [6, 6.07) is 2.79. The Labute approximate surface area is 99.2 Å². The van der Waals surface area contributed by atoms with Crippen LogP contribution in [0.1, 0.15) is 38.6 Å². The van der Waals surface area contributed by atoms with E-state index in [1.54, 1.807) is 0 Å². The summed E-state index contributed by atoms with van der Waals surface area (Å²) in [5, 5.41) is 7.84. The maximum atomic E-state index is 4.38. The quantitative estimate of drug-likeness (QED) is 0.802. The van der Waals surface area contributed by atoms with Crippen LogP contribution in [0.5, 0.6) is 0 Å². The van der Waals surface area contributed by atoms with Gasteiger partial charge < -0.3 is 5.32 Å². The molecule has 1 rings (SSSR count). The number of nitrogens with zero attached hydrogens (tertiary/aromatic N) is 2. The molecule has 1 N–H and O–H groups in total. The number of hydrogen-bond acceptors (Lipinski definition) is 2. The molecule has 0 radical (unpaired) electrons. The van der Waals surface area contributed by atoms with Gasteiger partial charge in [-0.05, 0) is 45.2 Å². The summed E-state index contributed by atoms with van der Waals surface area (Å²) in [7, 11) is 2.03. The van der Waals surface area contributed by atoms with E-state index in [0.717, 1.165) is 18.7 Å². The van der Waals surface area contributed by atoms with Crippen molar-refractivity contribution in [2.45, 2.75) is 46.6 Å². The van der Waals surface area contributed by atoms with Gasteiger partial charge in [0.1, 0.15) is 0 Å². The highest BCUT2D eigenvalue weighted by Gasteiger charge is 2.11. The van der Waals surface area contributed by atoms with E-state index >= 15 is 0 Å². The van der Waals surface area contributed by atoms with Crippen LogP contribution >= 0.6 is 0 Å². The van der Waals surface area contributed by atoms with Gasteiger partial charge in [-0.25, -0.2) is 0 Å². The fourth-order valence-electron chi connectivity index (χ4n) is 2.33. The zero-order chi connectivity index (χ0) is 12.1. The monoisotopic (exact) mass is 223 g/mol. The van der Waals surface area contributed by atoms with E-state index in [0.29, 0.717) is 12.0 Å². The molecular formula is C13H25N3. The molecule has 3 heteroatoms. The van der Waals surface area contributed by atoms with Gasteiger partial charge in [0.05, 0.1) is 5.69 Å². The number of aromatic nitrogens is 2. The van der Waals surface area contributed by atoms with Crippen molar-refractivity contribution in [3.63, 3.8) is 0 Å². The molecule has 3 nitrogen and oxygen atoms in total. The molecule has 1 aromatic heterocycles. The molecule has 1 heterocycles.